The molecule has 4 atom stereocenters. The Morgan fingerprint density at radius 1 is 1.23 bits per heavy atom. The molecule has 26 heavy (non-hydrogen) atoms. The zero-order valence-electron chi connectivity index (χ0n) is 15.5. The van der Waals surface area contributed by atoms with E-state index >= 15 is 0 Å². The number of rotatable bonds is 4. The molecule has 2 saturated carbocycles. The first kappa shape index (κ1) is 17.4. The van der Waals surface area contributed by atoms with Crippen molar-refractivity contribution >= 4 is 17.6 Å². The van der Waals surface area contributed by atoms with Crippen LogP contribution in [0.1, 0.15) is 44.6 Å². The third kappa shape index (κ3) is 3.57. The van der Waals surface area contributed by atoms with Crippen LogP contribution in [-0.4, -0.2) is 31.1 Å². The number of imide groups is 1. The van der Waals surface area contributed by atoms with Crippen LogP contribution in [0.4, 0.5) is 10.5 Å². The highest BCUT2D eigenvalue weighted by atomic mass is 16.2. The average Bonchev–Trinajstić information content (AvgIpc) is 3.25. The number of amides is 3. The number of nitrogens with one attached hydrogen (secondary N) is 2. The van der Waals surface area contributed by atoms with Crippen molar-refractivity contribution in [1.82, 2.24) is 10.6 Å². The highest BCUT2D eigenvalue weighted by Gasteiger charge is 2.42. The molecule has 3 aliphatic rings. The normalized spacial score (nSPS) is 27.7. The SMILES string of the molecule is CC(NC(=O)NC(=O)CN1CCCc2ccccc21)C1CC2CCC1C2. The largest absolute Gasteiger partial charge is 0.362 e. The highest BCUT2D eigenvalue weighted by Crippen LogP contribution is 2.49. The van der Waals surface area contributed by atoms with Gasteiger partial charge in [0.1, 0.15) is 0 Å². The van der Waals surface area contributed by atoms with E-state index in [0.29, 0.717) is 5.92 Å². The molecule has 3 amide bonds. The molecule has 140 valence electrons. The van der Waals surface area contributed by atoms with Gasteiger partial charge in [-0.3, -0.25) is 10.1 Å². The molecule has 5 nitrogen and oxygen atoms in total. The van der Waals surface area contributed by atoms with Gasteiger partial charge in [0.2, 0.25) is 5.91 Å². The Kier molecular flexibility index (Phi) is 4.88. The molecular weight excluding hydrogens is 326 g/mol. The molecule has 0 saturated heterocycles. The highest BCUT2D eigenvalue weighted by molar-refractivity contribution is 5.96. The first-order chi connectivity index (χ1) is 12.6. The summed E-state index contributed by atoms with van der Waals surface area (Å²) in [7, 11) is 0. The second-order valence-corrected chi connectivity index (χ2v) is 8.30. The monoisotopic (exact) mass is 355 g/mol. The summed E-state index contributed by atoms with van der Waals surface area (Å²) < 4.78 is 0. The van der Waals surface area contributed by atoms with Crippen LogP contribution < -0.4 is 15.5 Å². The number of nitrogens with zero attached hydrogens (tertiary/aromatic N) is 1. The summed E-state index contributed by atoms with van der Waals surface area (Å²) in [5, 5.41) is 5.53. The van der Waals surface area contributed by atoms with Crippen LogP contribution in [0.3, 0.4) is 0 Å². The van der Waals surface area contributed by atoms with Crippen LogP contribution >= 0.6 is 0 Å². The van der Waals surface area contributed by atoms with Crippen molar-refractivity contribution in [2.75, 3.05) is 18.0 Å². The van der Waals surface area contributed by atoms with E-state index in [0.717, 1.165) is 36.9 Å². The van der Waals surface area contributed by atoms with E-state index in [1.165, 1.54) is 31.2 Å². The van der Waals surface area contributed by atoms with E-state index in [4.69, 9.17) is 0 Å². The van der Waals surface area contributed by atoms with Crippen molar-refractivity contribution in [1.29, 1.82) is 0 Å². The molecule has 2 aliphatic carbocycles. The van der Waals surface area contributed by atoms with Crippen LogP contribution in [0.2, 0.25) is 0 Å². The Labute approximate surface area is 155 Å². The van der Waals surface area contributed by atoms with E-state index < -0.39 is 0 Å². The van der Waals surface area contributed by atoms with E-state index in [2.05, 4.69) is 34.6 Å². The van der Waals surface area contributed by atoms with Crippen molar-refractivity contribution in [2.45, 2.75) is 51.5 Å². The second-order valence-electron chi connectivity index (χ2n) is 8.30. The summed E-state index contributed by atoms with van der Waals surface area (Å²) in [5.41, 5.74) is 2.39. The van der Waals surface area contributed by atoms with Crippen molar-refractivity contribution in [2.24, 2.45) is 17.8 Å². The first-order valence-electron chi connectivity index (χ1n) is 10.0. The summed E-state index contributed by atoms with van der Waals surface area (Å²) >= 11 is 0. The van der Waals surface area contributed by atoms with Gasteiger partial charge in [0.25, 0.3) is 0 Å². The number of anilines is 1. The molecule has 0 spiro atoms. The minimum atomic E-state index is -0.351. The number of urea groups is 1. The Morgan fingerprint density at radius 3 is 2.85 bits per heavy atom. The summed E-state index contributed by atoms with van der Waals surface area (Å²) in [5.74, 6) is 1.96. The van der Waals surface area contributed by atoms with Crippen molar-refractivity contribution < 1.29 is 9.59 Å². The number of carbonyl (C=O) groups is 2. The lowest BCUT2D eigenvalue weighted by Gasteiger charge is -2.31. The standard InChI is InChI=1S/C21H29N3O2/c1-14(18-12-15-8-9-17(18)11-15)22-21(26)23-20(25)13-24-10-4-6-16-5-2-3-7-19(16)24/h2-3,5,7,14-15,17-18H,4,6,8-13H2,1H3,(H2,22,23,25,26). The van der Waals surface area contributed by atoms with Crippen LogP contribution in [0.15, 0.2) is 24.3 Å². The second kappa shape index (κ2) is 7.29. The van der Waals surface area contributed by atoms with Crippen LogP contribution in [0, 0.1) is 17.8 Å². The van der Waals surface area contributed by atoms with Gasteiger partial charge in [-0.1, -0.05) is 24.6 Å². The van der Waals surface area contributed by atoms with Gasteiger partial charge in [0.15, 0.2) is 0 Å². The van der Waals surface area contributed by atoms with E-state index in [1.807, 2.05) is 12.1 Å². The molecule has 5 heteroatoms. The number of aryl methyl sites for hydroxylation is 1. The molecular formula is C21H29N3O2. The van der Waals surface area contributed by atoms with Gasteiger partial charge in [-0.25, -0.2) is 4.79 Å². The molecule has 4 rings (SSSR count). The third-order valence-corrected chi connectivity index (χ3v) is 6.59. The van der Waals surface area contributed by atoms with Gasteiger partial charge in [0, 0.05) is 18.3 Å². The van der Waals surface area contributed by atoms with Crippen molar-refractivity contribution in [3.63, 3.8) is 0 Å². The smallest absolute Gasteiger partial charge is 0.321 e. The average molecular weight is 355 g/mol. The van der Waals surface area contributed by atoms with Crippen LogP contribution in [0.5, 0.6) is 0 Å². The molecule has 1 heterocycles. The lowest BCUT2D eigenvalue weighted by Crippen LogP contribution is -2.49. The van der Waals surface area contributed by atoms with Crippen molar-refractivity contribution in [3.8, 4) is 0 Å². The molecule has 2 bridgehead atoms. The minimum Gasteiger partial charge on any atom is -0.362 e. The van der Waals surface area contributed by atoms with E-state index in [1.54, 1.807) is 0 Å². The summed E-state index contributed by atoms with van der Waals surface area (Å²) in [6.07, 6.45) is 7.30. The van der Waals surface area contributed by atoms with Gasteiger partial charge in [-0.15, -0.1) is 0 Å². The number of para-hydroxylation sites is 1. The molecule has 2 N–H and O–H groups in total. The number of fused-ring (bicyclic) bond motifs is 3. The maximum atomic E-state index is 12.3. The summed E-state index contributed by atoms with van der Waals surface area (Å²) in [4.78, 5) is 26.7. The number of hydrogen-bond donors (Lipinski definition) is 2. The van der Waals surface area contributed by atoms with Gasteiger partial charge < -0.3 is 10.2 Å². The fourth-order valence-electron chi connectivity index (χ4n) is 5.37. The topological polar surface area (TPSA) is 61.4 Å². The van der Waals surface area contributed by atoms with Gasteiger partial charge in [0.05, 0.1) is 6.54 Å². The predicted octanol–water partition coefficient (Wildman–Crippen LogP) is 3.09. The van der Waals surface area contributed by atoms with Crippen LogP contribution in [-0.2, 0) is 11.2 Å². The Balaban J connectivity index is 1.28. The minimum absolute atomic E-state index is 0.133. The molecule has 1 aromatic rings. The molecule has 1 aromatic carbocycles. The predicted molar refractivity (Wildman–Crippen MR) is 102 cm³/mol. The summed E-state index contributed by atoms with van der Waals surface area (Å²) in [6.45, 7) is 3.16. The zero-order valence-corrected chi connectivity index (χ0v) is 15.5. The number of hydrogen-bond acceptors (Lipinski definition) is 3. The summed E-state index contributed by atoms with van der Waals surface area (Å²) in [6, 6.07) is 7.98. The third-order valence-electron chi connectivity index (χ3n) is 6.59. The van der Waals surface area contributed by atoms with Crippen LogP contribution in [0.25, 0.3) is 0 Å². The van der Waals surface area contributed by atoms with E-state index in [9.17, 15) is 9.59 Å². The lowest BCUT2D eigenvalue weighted by atomic mass is 9.84. The molecule has 0 aromatic heterocycles. The van der Waals surface area contributed by atoms with E-state index in [-0.39, 0.29) is 24.5 Å². The fraction of sp³-hybridized carbons (Fsp3) is 0.619. The quantitative estimate of drug-likeness (QED) is 0.872. The maximum Gasteiger partial charge on any atom is 0.321 e. The van der Waals surface area contributed by atoms with Crippen molar-refractivity contribution in [3.05, 3.63) is 29.8 Å². The van der Waals surface area contributed by atoms with Gasteiger partial charge in [-0.2, -0.15) is 0 Å². The fourth-order valence-corrected chi connectivity index (χ4v) is 5.37. The Hall–Kier alpha value is -2.04. The molecule has 0 radical (unpaired) electrons. The van der Waals surface area contributed by atoms with Gasteiger partial charge in [-0.05, 0) is 68.4 Å². The maximum absolute atomic E-state index is 12.3. The molecule has 2 fully saturated rings. The Morgan fingerprint density at radius 2 is 2.08 bits per heavy atom. The van der Waals surface area contributed by atoms with Gasteiger partial charge >= 0.3 is 6.03 Å². The lowest BCUT2D eigenvalue weighted by molar-refractivity contribution is -0.118. The zero-order chi connectivity index (χ0) is 18.1. The number of carbonyl (C=O) groups excluding carboxylic acids is 2. The number of benzene rings is 1. The molecule has 4 unspecified atom stereocenters. The molecule has 1 aliphatic heterocycles. The Bertz CT molecular complexity index is 690. The first-order valence-corrected chi connectivity index (χ1v) is 10.0.